The highest BCUT2D eigenvalue weighted by molar-refractivity contribution is 5.66. The van der Waals surface area contributed by atoms with Crippen molar-refractivity contribution < 1.29 is 10.2 Å². The van der Waals surface area contributed by atoms with Gasteiger partial charge in [0.15, 0.2) is 0 Å². The first-order valence-electron chi connectivity index (χ1n) is 6.50. The van der Waals surface area contributed by atoms with Gasteiger partial charge < -0.3 is 15.1 Å². The Morgan fingerprint density at radius 2 is 1.26 bits per heavy atom. The third-order valence-corrected chi connectivity index (χ3v) is 3.60. The molecule has 0 unspecified atom stereocenters. The minimum atomic E-state index is -0.645. The second kappa shape index (κ2) is 5.03. The van der Waals surface area contributed by atoms with Crippen LogP contribution in [0.5, 0.6) is 0 Å². The molecule has 2 N–H and O–H groups in total. The Morgan fingerprint density at radius 1 is 0.737 bits per heavy atom. The van der Waals surface area contributed by atoms with Gasteiger partial charge in [-0.1, -0.05) is 42.5 Å². The van der Waals surface area contributed by atoms with Crippen LogP contribution < -0.4 is 4.90 Å². The third kappa shape index (κ3) is 2.48. The zero-order valence-electron chi connectivity index (χ0n) is 10.6. The van der Waals surface area contributed by atoms with Crippen molar-refractivity contribution >= 4 is 5.69 Å². The predicted octanol–water partition coefficient (Wildman–Crippen LogP) is 1.90. The van der Waals surface area contributed by atoms with Crippen molar-refractivity contribution in [2.24, 2.45) is 0 Å². The maximum absolute atomic E-state index is 9.57. The molecule has 2 aromatic carbocycles. The van der Waals surface area contributed by atoms with Gasteiger partial charge in [0.1, 0.15) is 0 Å². The number of β-amino-alcohol motifs (C(OH)–C–C–N with tert-alkyl or cyclic N) is 2. The van der Waals surface area contributed by atoms with Gasteiger partial charge >= 0.3 is 0 Å². The van der Waals surface area contributed by atoms with Gasteiger partial charge in [-0.2, -0.15) is 0 Å². The fraction of sp³-hybridized carbons (Fsp3) is 0.250. The van der Waals surface area contributed by atoms with Crippen LogP contribution in [-0.2, 0) is 0 Å². The molecule has 0 aromatic heterocycles. The molecule has 1 aliphatic rings. The van der Waals surface area contributed by atoms with Crippen LogP contribution >= 0.6 is 0 Å². The Labute approximate surface area is 112 Å². The average molecular weight is 255 g/mol. The van der Waals surface area contributed by atoms with Crippen molar-refractivity contribution in [2.75, 3.05) is 18.0 Å². The van der Waals surface area contributed by atoms with Gasteiger partial charge in [0.25, 0.3) is 0 Å². The molecule has 0 amide bonds. The van der Waals surface area contributed by atoms with Crippen LogP contribution in [0.2, 0.25) is 0 Å². The summed E-state index contributed by atoms with van der Waals surface area (Å²) in [6, 6.07) is 18.4. The molecule has 1 fully saturated rings. The smallest absolute Gasteiger partial charge is 0.0990 e. The Bertz CT molecular complexity index is 528. The maximum atomic E-state index is 9.57. The monoisotopic (exact) mass is 255 g/mol. The van der Waals surface area contributed by atoms with Gasteiger partial charge in [-0.25, -0.2) is 0 Å². The van der Waals surface area contributed by atoms with Crippen LogP contribution in [0, 0.1) is 0 Å². The predicted molar refractivity (Wildman–Crippen MR) is 76.1 cm³/mol. The van der Waals surface area contributed by atoms with E-state index in [9.17, 15) is 10.2 Å². The summed E-state index contributed by atoms with van der Waals surface area (Å²) in [6.45, 7) is 0.984. The first-order chi connectivity index (χ1) is 9.24. The SMILES string of the molecule is O[C@H]1CN(c2ccc(-c3ccccc3)cc2)C[C@@H]1O. The summed E-state index contributed by atoms with van der Waals surface area (Å²) < 4.78 is 0. The van der Waals surface area contributed by atoms with E-state index in [4.69, 9.17) is 0 Å². The van der Waals surface area contributed by atoms with Gasteiger partial charge in [-0.15, -0.1) is 0 Å². The number of benzene rings is 2. The first-order valence-corrected chi connectivity index (χ1v) is 6.50. The lowest BCUT2D eigenvalue weighted by molar-refractivity contribution is 0.0572. The molecule has 3 rings (SSSR count). The van der Waals surface area contributed by atoms with Crippen LogP contribution in [0.3, 0.4) is 0 Å². The van der Waals surface area contributed by atoms with E-state index in [0.717, 1.165) is 5.69 Å². The van der Waals surface area contributed by atoms with Crippen molar-refractivity contribution in [1.29, 1.82) is 0 Å². The molecule has 98 valence electrons. The summed E-state index contributed by atoms with van der Waals surface area (Å²) in [6.07, 6.45) is -1.29. The minimum absolute atomic E-state index is 0.492. The molecule has 1 heterocycles. The number of rotatable bonds is 2. The Hall–Kier alpha value is -1.84. The van der Waals surface area contributed by atoms with Crippen molar-refractivity contribution in [3.63, 3.8) is 0 Å². The van der Waals surface area contributed by atoms with E-state index in [1.807, 2.05) is 35.2 Å². The van der Waals surface area contributed by atoms with E-state index in [-0.39, 0.29) is 0 Å². The second-order valence-electron chi connectivity index (χ2n) is 4.95. The molecular weight excluding hydrogens is 238 g/mol. The van der Waals surface area contributed by atoms with Gasteiger partial charge in [-0.3, -0.25) is 0 Å². The third-order valence-electron chi connectivity index (χ3n) is 3.60. The number of aliphatic hydroxyl groups excluding tert-OH is 2. The lowest BCUT2D eigenvalue weighted by Gasteiger charge is -2.17. The van der Waals surface area contributed by atoms with Crippen LogP contribution in [0.15, 0.2) is 54.6 Å². The van der Waals surface area contributed by atoms with E-state index in [0.29, 0.717) is 13.1 Å². The number of anilines is 1. The molecule has 0 bridgehead atoms. The van der Waals surface area contributed by atoms with Crippen molar-refractivity contribution in [1.82, 2.24) is 0 Å². The highest BCUT2D eigenvalue weighted by Gasteiger charge is 2.29. The molecule has 3 heteroatoms. The molecular formula is C16H17NO2. The molecule has 0 aliphatic carbocycles. The number of hydrogen-bond acceptors (Lipinski definition) is 3. The average Bonchev–Trinajstić information content (AvgIpc) is 2.80. The summed E-state index contributed by atoms with van der Waals surface area (Å²) in [4.78, 5) is 2.00. The Balaban J connectivity index is 1.80. The van der Waals surface area contributed by atoms with Crippen molar-refractivity contribution in [3.05, 3.63) is 54.6 Å². The standard InChI is InChI=1S/C16H17NO2/c18-15-10-17(11-16(15)19)14-8-6-13(7-9-14)12-4-2-1-3-5-12/h1-9,15-16,18-19H,10-11H2/t15-,16-/m0/s1. The maximum Gasteiger partial charge on any atom is 0.0990 e. The van der Waals surface area contributed by atoms with Crippen molar-refractivity contribution in [3.8, 4) is 11.1 Å². The molecule has 1 saturated heterocycles. The van der Waals surface area contributed by atoms with E-state index < -0.39 is 12.2 Å². The molecule has 19 heavy (non-hydrogen) atoms. The molecule has 0 spiro atoms. The Morgan fingerprint density at radius 3 is 1.84 bits per heavy atom. The number of aliphatic hydroxyl groups is 2. The minimum Gasteiger partial charge on any atom is -0.389 e. The first kappa shape index (κ1) is 12.2. The number of nitrogens with zero attached hydrogens (tertiary/aromatic N) is 1. The van der Waals surface area contributed by atoms with E-state index in [1.54, 1.807) is 0 Å². The molecule has 1 aliphatic heterocycles. The van der Waals surface area contributed by atoms with Crippen LogP contribution in [0.25, 0.3) is 11.1 Å². The van der Waals surface area contributed by atoms with Gasteiger partial charge in [0.2, 0.25) is 0 Å². The largest absolute Gasteiger partial charge is 0.389 e. The fourth-order valence-electron chi connectivity index (χ4n) is 2.48. The highest BCUT2D eigenvalue weighted by atomic mass is 16.3. The molecule has 0 saturated carbocycles. The Kier molecular flexibility index (Phi) is 3.23. The van der Waals surface area contributed by atoms with E-state index in [1.165, 1.54) is 11.1 Å². The van der Waals surface area contributed by atoms with Crippen LogP contribution in [0.4, 0.5) is 5.69 Å². The zero-order valence-corrected chi connectivity index (χ0v) is 10.6. The normalized spacial score (nSPS) is 22.7. The number of hydrogen-bond donors (Lipinski definition) is 2. The summed E-state index contributed by atoms with van der Waals surface area (Å²) in [7, 11) is 0. The van der Waals surface area contributed by atoms with E-state index in [2.05, 4.69) is 24.3 Å². The summed E-state index contributed by atoms with van der Waals surface area (Å²) in [5.74, 6) is 0. The lowest BCUT2D eigenvalue weighted by Crippen LogP contribution is -2.22. The van der Waals surface area contributed by atoms with Crippen LogP contribution in [-0.4, -0.2) is 35.5 Å². The second-order valence-corrected chi connectivity index (χ2v) is 4.95. The molecule has 3 nitrogen and oxygen atoms in total. The molecule has 2 aromatic rings. The fourth-order valence-corrected chi connectivity index (χ4v) is 2.48. The quantitative estimate of drug-likeness (QED) is 0.861. The summed E-state index contributed by atoms with van der Waals surface area (Å²) >= 11 is 0. The van der Waals surface area contributed by atoms with Crippen LogP contribution in [0.1, 0.15) is 0 Å². The van der Waals surface area contributed by atoms with Gasteiger partial charge in [-0.05, 0) is 23.3 Å². The van der Waals surface area contributed by atoms with Crippen molar-refractivity contribution in [2.45, 2.75) is 12.2 Å². The van der Waals surface area contributed by atoms with E-state index >= 15 is 0 Å². The summed E-state index contributed by atoms with van der Waals surface area (Å²) in [5.41, 5.74) is 3.40. The molecule has 2 atom stereocenters. The molecule has 0 radical (unpaired) electrons. The zero-order chi connectivity index (χ0) is 13.2. The van der Waals surface area contributed by atoms with Gasteiger partial charge in [0.05, 0.1) is 12.2 Å². The highest BCUT2D eigenvalue weighted by Crippen LogP contribution is 2.25. The topological polar surface area (TPSA) is 43.7 Å². The lowest BCUT2D eigenvalue weighted by atomic mass is 10.1. The van der Waals surface area contributed by atoms with Gasteiger partial charge in [0, 0.05) is 18.8 Å². The summed E-state index contributed by atoms with van der Waals surface area (Å²) in [5, 5.41) is 19.1.